The van der Waals surface area contributed by atoms with Crippen LogP contribution < -0.4 is 10.2 Å². The Bertz CT molecular complexity index is 1160. The van der Waals surface area contributed by atoms with Gasteiger partial charge in [-0.1, -0.05) is 53.8 Å². The summed E-state index contributed by atoms with van der Waals surface area (Å²) in [6.07, 6.45) is 0. The number of para-hydroxylation sites is 1. The van der Waals surface area contributed by atoms with E-state index in [1.165, 1.54) is 17.4 Å². The lowest BCUT2D eigenvalue weighted by Gasteiger charge is -2.38. The molecule has 1 amide bonds. The van der Waals surface area contributed by atoms with E-state index in [2.05, 4.69) is 10.3 Å². The molecule has 1 aliphatic heterocycles. The smallest absolute Gasteiger partial charge is 0.231 e. The molecule has 1 N–H and O–H groups in total. The first-order valence-electron chi connectivity index (χ1n) is 8.78. The average molecular weight is 377 g/mol. The highest BCUT2D eigenvalue weighted by atomic mass is 32.1. The van der Waals surface area contributed by atoms with Gasteiger partial charge >= 0.3 is 0 Å². The van der Waals surface area contributed by atoms with E-state index >= 15 is 0 Å². The third-order valence-corrected chi connectivity index (χ3v) is 6.01. The molecule has 5 rings (SSSR count). The molecule has 4 aromatic rings. The van der Waals surface area contributed by atoms with Crippen LogP contribution in [-0.4, -0.2) is 24.0 Å². The van der Waals surface area contributed by atoms with Crippen LogP contribution in [0.3, 0.4) is 0 Å². The van der Waals surface area contributed by atoms with E-state index in [9.17, 15) is 9.18 Å². The summed E-state index contributed by atoms with van der Waals surface area (Å²) in [5.74, 6) is -0.392. The van der Waals surface area contributed by atoms with Crippen molar-refractivity contribution in [1.82, 2.24) is 4.98 Å². The van der Waals surface area contributed by atoms with Gasteiger partial charge in [0, 0.05) is 24.2 Å². The third-order valence-electron chi connectivity index (χ3n) is 4.93. The van der Waals surface area contributed by atoms with Crippen LogP contribution in [0.25, 0.3) is 21.0 Å². The van der Waals surface area contributed by atoms with Crippen LogP contribution in [0.4, 0.5) is 15.2 Å². The highest BCUT2D eigenvalue weighted by Gasteiger charge is 2.34. The van der Waals surface area contributed by atoms with Crippen molar-refractivity contribution >= 4 is 49.1 Å². The number of carbonyl (C=O) groups excluding carboxylic acids is 1. The SMILES string of the molecule is O=C(Nc1cccc2ccccc12)C1CN(c2nc3c(F)cccc3s2)C1. The number of aromatic nitrogens is 1. The molecule has 0 saturated carbocycles. The van der Waals surface area contributed by atoms with Gasteiger partial charge in [-0.05, 0) is 23.6 Å². The zero-order valence-corrected chi connectivity index (χ0v) is 15.2. The van der Waals surface area contributed by atoms with Gasteiger partial charge in [0.05, 0.1) is 10.6 Å². The third kappa shape index (κ3) is 2.82. The van der Waals surface area contributed by atoms with Crippen molar-refractivity contribution in [3.8, 4) is 0 Å². The van der Waals surface area contributed by atoms with Gasteiger partial charge in [0.15, 0.2) is 5.13 Å². The summed E-state index contributed by atoms with van der Waals surface area (Å²) in [7, 11) is 0. The van der Waals surface area contributed by atoms with E-state index in [0.29, 0.717) is 18.6 Å². The van der Waals surface area contributed by atoms with Crippen LogP contribution in [0.5, 0.6) is 0 Å². The Morgan fingerprint density at radius 3 is 2.70 bits per heavy atom. The number of benzene rings is 3. The Morgan fingerprint density at radius 2 is 1.85 bits per heavy atom. The fourth-order valence-electron chi connectivity index (χ4n) is 3.41. The summed E-state index contributed by atoms with van der Waals surface area (Å²) in [5, 5.41) is 5.95. The Balaban J connectivity index is 1.30. The molecule has 1 aliphatic rings. The van der Waals surface area contributed by atoms with E-state index in [0.717, 1.165) is 26.3 Å². The summed E-state index contributed by atoms with van der Waals surface area (Å²) < 4.78 is 14.6. The number of anilines is 2. The molecule has 2 heterocycles. The van der Waals surface area contributed by atoms with Gasteiger partial charge in [0.1, 0.15) is 11.3 Å². The van der Waals surface area contributed by atoms with Crippen molar-refractivity contribution < 1.29 is 9.18 Å². The summed E-state index contributed by atoms with van der Waals surface area (Å²) in [4.78, 5) is 19.0. The highest BCUT2D eigenvalue weighted by Crippen LogP contribution is 2.34. The summed E-state index contributed by atoms with van der Waals surface area (Å²) in [6, 6.07) is 18.9. The zero-order chi connectivity index (χ0) is 18.4. The predicted molar refractivity (Wildman–Crippen MR) is 108 cm³/mol. The molecule has 27 heavy (non-hydrogen) atoms. The molecular formula is C21H16FN3OS. The number of fused-ring (bicyclic) bond motifs is 2. The monoisotopic (exact) mass is 377 g/mol. The van der Waals surface area contributed by atoms with E-state index in [4.69, 9.17) is 0 Å². The van der Waals surface area contributed by atoms with Crippen LogP contribution in [0.2, 0.25) is 0 Å². The molecule has 3 aromatic carbocycles. The van der Waals surface area contributed by atoms with E-state index in [1.807, 2.05) is 53.4 Å². The van der Waals surface area contributed by atoms with E-state index < -0.39 is 0 Å². The number of hydrogen-bond donors (Lipinski definition) is 1. The first kappa shape index (κ1) is 16.2. The summed E-state index contributed by atoms with van der Waals surface area (Å²) in [5.41, 5.74) is 1.24. The number of nitrogens with one attached hydrogen (secondary N) is 1. The zero-order valence-electron chi connectivity index (χ0n) is 14.4. The Morgan fingerprint density at radius 1 is 1.07 bits per heavy atom. The number of halogens is 1. The Kier molecular flexibility index (Phi) is 3.79. The second-order valence-electron chi connectivity index (χ2n) is 6.70. The lowest BCUT2D eigenvalue weighted by atomic mass is 9.99. The number of thiazole rings is 1. The number of hydrogen-bond acceptors (Lipinski definition) is 4. The quantitative estimate of drug-likeness (QED) is 0.565. The van der Waals surface area contributed by atoms with Crippen molar-refractivity contribution in [3.05, 3.63) is 66.5 Å². The van der Waals surface area contributed by atoms with Crippen LogP contribution >= 0.6 is 11.3 Å². The fourth-order valence-corrected chi connectivity index (χ4v) is 4.41. The molecule has 0 spiro atoms. The van der Waals surface area contributed by atoms with Crippen molar-refractivity contribution in [2.24, 2.45) is 5.92 Å². The molecule has 1 saturated heterocycles. The number of amides is 1. The Labute approximate surface area is 159 Å². The van der Waals surface area contributed by atoms with Gasteiger partial charge in [-0.25, -0.2) is 9.37 Å². The summed E-state index contributed by atoms with van der Waals surface area (Å²) in [6.45, 7) is 1.19. The molecule has 0 atom stereocenters. The van der Waals surface area contributed by atoms with Crippen molar-refractivity contribution in [1.29, 1.82) is 0 Å². The van der Waals surface area contributed by atoms with Crippen LogP contribution in [0.1, 0.15) is 0 Å². The molecule has 0 unspecified atom stereocenters. The number of rotatable bonds is 3. The minimum Gasteiger partial charge on any atom is -0.346 e. The predicted octanol–water partition coefficient (Wildman–Crippen LogP) is 4.66. The second-order valence-corrected chi connectivity index (χ2v) is 7.71. The standard InChI is InChI=1S/C21H16FN3OS/c22-16-8-4-10-18-19(16)24-21(27-18)25-11-14(12-25)20(26)23-17-9-3-6-13-5-1-2-7-15(13)17/h1-10,14H,11-12H2,(H,23,26). The number of carbonyl (C=O) groups is 1. The lowest BCUT2D eigenvalue weighted by molar-refractivity contribution is -0.120. The van der Waals surface area contributed by atoms with Crippen LogP contribution in [0.15, 0.2) is 60.7 Å². The summed E-state index contributed by atoms with van der Waals surface area (Å²) >= 11 is 1.46. The molecule has 0 bridgehead atoms. The van der Waals surface area contributed by atoms with Gasteiger partial charge in [-0.3, -0.25) is 4.79 Å². The maximum Gasteiger partial charge on any atom is 0.231 e. The highest BCUT2D eigenvalue weighted by molar-refractivity contribution is 7.22. The molecule has 0 aliphatic carbocycles. The lowest BCUT2D eigenvalue weighted by Crippen LogP contribution is -2.52. The fraction of sp³-hybridized carbons (Fsp3) is 0.143. The van der Waals surface area contributed by atoms with Gasteiger partial charge in [-0.2, -0.15) is 0 Å². The van der Waals surface area contributed by atoms with E-state index in [1.54, 1.807) is 6.07 Å². The van der Waals surface area contributed by atoms with Crippen LogP contribution in [0, 0.1) is 11.7 Å². The van der Waals surface area contributed by atoms with Gasteiger partial charge < -0.3 is 10.2 Å². The largest absolute Gasteiger partial charge is 0.346 e. The number of nitrogens with zero attached hydrogens (tertiary/aromatic N) is 2. The maximum atomic E-state index is 13.8. The van der Waals surface area contributed by atoms with Crippen LogP contribution in [-0.2, 0) is 4.79 Å². The first-order valence-corrected chi connectivity index (χ1v) is 9.59. The molecule has 134 valence electrons. The minimum atomic E-state index is -0.305. The molecule has 6 heteroatoms. The van der Waals surface area contributed by atoms with Gasteiger partial charge in [-0.15, -0.1) is 0 Å². The molecule has 0 radical (unpaired) electrons. The molecular weight excluding hydrogens is 361 g/mol. The van der Waals surface area contributed by atoms with Gasteiger partial charge in [0.2, 0.25) is 5.91 Å². The molecule has 4 nitrogen and oxygen atoms in total. The molecule has 1 aromatic heterocycles. The topological polar surface area (TPSA) is 45.2 Å². The second kappa shape index (κ2) is 6.32. The van der Waals surface area contributed by atoms with Gasteiger partial charge in [0.25, 0.3) is 0 Å². The maximum absolute atomic E-state index is 13.8. The van der Waals surface area contributed by atoms with Crippen molar-refractivity contribution in [2.75, 3.05) is 23.3 Å². The normalized spacial score (nSPS) is 14.5. The minimum absolute atomic E-state index is 0.00916. The molecule has 1 fully saturated rings. The van der Waals surface area contributed by atoms with Crippen molar-refractivity contribution in [3.63, 3.8) is 0 Å². The van der Waals surface area contributed by atoms with E-state index in [-0.39, 0.29) is 17.6 Å². The Hall–Kier alpha value is -2.99. The average Bonchev–Trinajstić information content (AvgIpc) is 3.06. The first-order chi connectivity index (χ1) is 13.2. The van der Waals surface area contributed by atoms with Crippen molar-refractivity contribution in [2.45, 2.75) is 0 Å².